The second-order valence-electron chi connectivity index (χ2n) is 30.5. The molecule has 4 saturated carbocycles. The lowest BCUT2D eigenvalue weighted by Gasteiger charge is -2.52. The van der Waals surface area contributed by atoms with Crippen molar-refractivity contribution >= 4 is 131 Å². The molecule has 5 saturated heterocycles. The Morgan fingerprint density at radius 2 is 0.729 bits per heavy atom. The zero-order valence-electron chi connectivity index (χ0n) is 65.0. The van der Waals surface area contributed by atoms with Gasteiger partial charge in [0.1, 0.15) is 78.3 Å². The van der Waals surface area contributed by atoms with Gasteiger partial charge in [0, 0.05) is 171 Å². The molecular formula is C85H83Cl3F3N15O12. The number of rotatable bonds is 19. The summed E-state index contributed by atoms with van der Waals surface area (Å²) in [5.74, 6) is 8.05. The Morgan fingerprint density at radius 3 is 1.03 bits per heavy atom. The molecule has 11 aromatic rings. The molecule has 27 nitrogen and oxygen atoms in total. The molecule has 12 atom stereocenters. The van der Waals surface area contributed by atoms with Gasteiger partial charge in [0.25, 0.3) is 5.56 Å². The number of hydrogen-bond acceptors (Lipinski definition) is 23. The lowest BCUT2D eigenvalue weighted by atomic mass is 9.68. The minimum absolute atomic E-state index is 0.00200. The topological polar surface area (TPSA) is 306 Å². The number of carbonyl (C=O) groups excluding carboxylic acids is 3. The highest BCUT2D eigenvalue weighted by molar-refractivity contribution is 6.31. The third-order valence-electron chi connectivity index (χ3n) is 23.3. The van der Waals surface area contributed by atoms with E-state index < -0.39 is 17.5 Å². The van der Waals surface area contributed by atoms with Crippen LogP contribution in [0, 0.1) is 64.8 Å². The maximum absolute atomic E-state index is 13.5. The first-order chi connectivity index (χ1) is 57.1. The van der Waals surface area contributed by atoms with Crippen molar-refractivity contribution in [3.63, 3.8) is 0 Å². The van der Waals surface area contributed by atoms with Gasteiger partial charge in [-0.2, -0.15) is 0 Å². The van der Waals surface area contributed by atoms with Crippen LogP contribution in [-0.4, -0.2) is 178 Å². The van der Waals surface area contributed by atoms with Crippen LogP contribution in [0.5, 0.6) is 46.0 Å². The molecule has 4 unspecified atom stereocenters. The van der Waals surface area contributed by atoms with Crippen LogP contribution in [0.2, 0.25) is 15.1 Å². The van der Waals surface area contributed by atoms with E-state index in [9.17, 15) is 32.3 Å². The molecule has 612 valence electrons. The van der Waals surface area contributed by atoms with Crippen LogP contribution in [0.25, 0.3) is 43.6 Å². The van der Waals surface area contributed by atoms with E-state index in [4.69, 9.17) is 72.7 Å². The minimum Gasteiger partial charge on any atom is -0.493 e. The first-order valence-corrected chi connectivity index (χ1v) is 39.7. The summed E-state index contributed by atoms with van der Waals surface area (Å²) in [6.07, 6.45) is 11.7. The van der Waals surface area contributed by atoms with Crippen LogP contribution in [0.1, 0.15) is 39.5 Å². The second-order valence-corrected chi connectivity index (χ2v) is 31.8. The molecule has 8 bridgehead atoms. The number of amides is 3. The Bertz CT molecular complexity index is 5740. The fourth-order valence-electron chi connectivity index (χ4n) is 17.1. The molecule has 7 aromatic carbocycles. The highest BCUT2D eigenvalue weighted by Crippen LogP contribution is 2.50. The highest BCUT2D eigenvalue weighted by atomic mass is 35.5. The normalized spacial score (nSPS) is 22.6. The number of H-pyrrole nitrogens is 1. The third kappa shape index (κ3) is 16.5. The van der Waals surface area contributed by atoms with Crippen molar-refractivity contribution in [1.29, 1.82) is 0 Å². The molecule has 5 N–H and O–H groups in total. The zero-order chi connectivity index (χ0) is 82.3. The fourth-order valence-corrected chi connectivity index (χ4v) is 17.7. The molecule has 0 radical (unpaired) electrons. The second kappa shape index (κ2) is 34.1. The number of piperidine rings is 8. The van der Waals surface area contributed by atoms with Gasteiger partial charge in [0.15, 0.2) is 46.0 Å². The van der Waals surface area contributed by atoms with E-state index in [-0.39, 0.29) is 74.6 Å². The summed E-state index contributed by atoms with van der Waals surface area (Å²) >= 11 is 17.7. The van der Waals surface area contributed by atoms with Gasteiger partial charge in [-0.15, -0.1) is 0 Å². The van der Waals surface area contributed by atoms with Gasteiger partial charge in [-0.25, -0.2) is 48.1 Å². The monoisotopic (exact) mass is 1670 g/mol. The number of methoxy groups -OCH3 is 4. The van der Waals surface area contributed by atoms with E-state index in [0.29, 0.717) is 164 Å². The Hall–Kier alpha value is -11.7. The number of nitrogens with zero attached hydrogens (tertiary/aromatic N) is 10. The molecule has 0 spiro atoms. The fraction of sp³-hybridized carbons (Fsp3) is 0.353. The predicted octanol–water partition coefficient (Wildman–Crippen LogP) is 14.3. The van der Waals surface area contributed by atoms with Gasteiger partial charge in [-0.05, 0) is 111 Å². The largest absolute Gasteiger partial charge is 0.493 e. The zero-order valence-corrected chi connectivity index (χ0v) is 67.2. The van der Waals surface area contributed by atoms with Gasteiger partial charge in [0.2, 0.25) is 17.7 Å². The maximum Gasteiger partial charge on any atom is 0.258 e. The molecule has 9 fully saturated rings. The number of anilines is 6. The van der Waals surface area contributed by atoms with Crippen LogP contribution in [0.15, 0.2) is 146 Å². The van der Waals surface area contributed by atoms with Crippen LogP contribution in [0.3, 0.4) is 0 Å². The number of nitrogens with one attached hydrogen (secondary N) is 5. The summed E-state index contributed by atoms with van der Waals surface area (Å²) < 4.78 is 88.0. The van der Waals surface area contributed by atoms with E-state index in [1.54, 1.807) is 78.7 Å². The number of ether oxygens (including phenoxy) is 8. The molecule has 20 rings (SSSR count). The number of fused-ring (bicyclic) bond motifs is 12. The lowest BCUT2D eigenvalue weighted by Crippen LogP contribution is -2.61. The van der Waals surface area contributed by atoms with Crippen molar-refractivity contribution in [1.82, 2.24) is 59.9 Å². The number of aromatic nitrogens is 8. The number of hydrogen-bond donors (Lipinski definition) is 5. The van der Waals surface area contributed by atoms with Gasteiger partial charge in [0.05, 0.1) is 77.3 Å². The minimum atomic E-state index is -0.491. The molecule has 3 amide bonds. The van der Waals surface area contributed by atoms with Gasteiger partial charge < -0.3 is 78.8 Å². The van der Waals surface area contributed by atoms with E-state index >= 15 is 0 Å². The van der Waals surface area contributed by atoms with Crippen molar-refractivity contribution in [2.24, 2.45) is 47.3 Å². The van der Waals surface area contributed by atoms with E-state index in [0.717, 1.165) is 67.1 Å². The van der Waals surface area contributed by atoms with E-state index in [2.05, 4.69) is 67.7 Å². The molecule has 9 aliphatic rings. The van der Waals surface area contributed by atoms with Gasteiger partial charge in [-0.1, -0.05) is 41.4 Å². The van der Waals surface area contributed by atoms with Crippen LogP contribution in [-0.2, 0) is 14.4 Å². The Kier molecular flexibility index (Phi) is 23.1. The maximum atomic E-state index is 13.5. The number of aromatic amines is 1. The van der Waals surface area contributed by atoms with Crippen molar-refractivity contribution in [2.75, 3.05) is 96.7 Å². The number of likely N-dealkylation sites (tertiary alicyclic amines) is 2. The summed E-state index contributed by atoms with van der Waals surface area (Å²) in [5.41, 5.74) is 4.26. The molecule has 33 heteroatoms. The van der Waals surface area contributed by atoms with Crippen molar-refractivity contribution in [2.45, 2.75) is 63.9 Å². The summed E-state index contributed by atoms with van der Waals surface area (Å²) in [6, 6.07) is 27.7. The van der Waals surface area contributed by atoms with Gasteiger partial charge in [-0.3, -0.25) is 19.2 Å². The van der Waals surface area contributed by atoms with Crippen LogP contribution >= 0.6 is 34.8 Å². The van der Waals surface area contributed by atoms with Crippen LogP contribution in [0.4, 0.5) is 47.7 Å². The van der Waals surface area contributed by atoms with Crippen molar-refractivity contribution < 1.29 is 65.4 Å². The summed E-state index contributed by atoms with van der Waals surface area (Å²) in [5, 5.41) is 15.8. The van der Waals surface area contributed by atoms with Crippen molar-refractivity contribution in [3.05, 3.63) is 184 Å². The Morgan fingerprint density at radius 1 is 0.424 bits per heavy atom. The number of carbonyl (C=O) groups is 3. The van der Waals surface area contributed by atoms with Crippen molar-refractivity contribution in [3.8, 4) is 46.0 Å². The first kappa shape index (κ1) is 80.1. The Balaban J connectivity index is 0.000000118. The molecule has 118 heavy (non-hydrogen) atoms. The molecule has 4 aliphatic carbocycles. The highest BCUT2D eigenvalue weighted by Gasteiger charge is 2.52. The SMILES string of the molecule is C=CC(=O)N1C[C@H]2C[C@@H](C1)C2Oc1cc2c(Nc3ccc(F)c(Cl)c3)ncnc2cc1OC.COc1cc2nc[nH]c(=O)c2cc1OC1[C@@H]2C[C@H]1CN(C(C)=O)C2.COc1cc2ncnc(Nc3ccc(F)c(Cl)c3)c2cc1OC1[C@@H]2CNC[C@H]1C2.COc1cc2ncnc(Nc3ccc(F)c(Cl)c3)c2cc1OC1[C@@H]2C[C@H]1CN(C(C)=O)C2. The smallest absolute Gasteiger partial charge is 0.258 e. The van der Waals surface area contributed by atoms with E-state index in [1.165, 1.54) is 74.2 Å². The third-order valence-corrected chi connectivity index (χ3v) is 24.2. The lowest BCUT2D eigenvalue weighted by molar-refractivity contribution is -0.145. The first-order valence-electron chi connectivity index (χ1n) is 38.6. The average molecular weight is 1670 g/mol. The molecular weight excluding hydrogens is 1590 g/mol. The predicted molar refractivity (Wildman–Crippen MR) is 439 cm³/mol. The van der Waals surface area contributed by atoms with Crippen LogP contribution < -0.4 is 64.7 Å². The summed E-state index contributed by atoms with van der Waals surface area (Å²) in [7, 11) is 6.37. The average Bonchev–Trinajstić information content (AvgIpc) is 0.763. The number of benzene rings is 7. The quantitative estimate of drug-likeness (QED) is 0.0470. The van der Waals surface area contributed by atoms with E-state index in [1.807, 2.05) is 45.0 Å². The molecule has 5 aliphatic heterocycles. The van der Waals surface area contributed by atoms with Gasteiger partial charge >= 0.3 is 0 Å². The molecule has 4 aromatic heterocycles. The number of halogens is 6. The molecule has 9 heterocycles. The summed E-state index contributed by atoms with van der Waals surface area (Å²) in [4.78, 5) is 85.6. The standard InChI is InChI=1S/C24H22ClFN4O3.C23H22ClFN4O3.C21H20ClFN4O2.C17H19N3O4/c1-3-22(31)30-10-13-6-14(11-30)23(13)33-21-8-16-19(9-20(21)32-2)27-12-28-24(16)29-15-4-5-18(26)17(25)7-15;1-12(30)29-9-13-5-14(10-29)22(13)32-21-7-16-19(8-20(21)31-2)26-11-27-23(16)28-15-3-4-18(25)17(24)6-15;1-28-18-7-17-14(6-19(18)29-20-11-4-12(20)9-24-8-11)21(26-10-25-17)27-13-2-3-16(23)15(22)5-13;1-9(21)20-6-10-3-11(7-20)16(10)24-15-4-12-13(5-14(15)23-2)18-8-19-17(12)22/h3-5,7-9,12-14,23H,1,6,10-11H2,2H3,(H,27,28,29);3-4,6-8,11,13-14,22H,5,9-10H2,1-2H3,(H,26,27,28);2-3,5-7,10-12,20,24H,4,8-9H2,1H3,(H,25,26,27);4-5,8,10-11,16H,3,6-7H2,1-2H3,(H,18,19,22)/t13-,14+,23?;13-,14+,22?;11-,12+,20?;10-,11+,16?. The Labute approximate surface area is 690 Å². The summed E-state index contributed by atoms with van der Waals surface area (Å²) in [6.45, 7) is 13.0.